The average Bonchev–Trinajstić information content (AvgIpc) is 2.22. The molecule has 0 fully saturated rings. The number of halogens is 1. The molecule has 15 heavy (non-hydrogen) atoms. The van der Waals surface area contributed by atoms with E-state index in [2.05, 4.69) is 5.32 Å². The van der Waals surface area contributed by atoms with Crippen LogP contribution in [0.4, 0.5) is 15.8 Å². The lowest BCUT2D eigenvalue weighted by molar-refractivity contribution is 0.478. The normalized spacial score (nSPS) is 9.93. The highest BCUT2D eigenvalue weighted by Crippen LogP contribution is 2.25. The number of anilines is 2. The minimum Gasteiger partial charge on any atom is -0.506 e. The predicted octanol–water partition coefficient (Wildman–Crippen LogP) is 3.27. The van der Waals surface area contributed by atoms with Gasteiger partial charge in [-0.3, -0.25) is 0 Å². The molecule has 0 atom stereocenters. The largest absolute Gasteiger partial charge is 0.506 e. The number of hydrogen-bond donors (Lipinski definition) is 2. The molecule has 3 heteroatoms. The zero-order chi connectivity index (χ0) is 10.7. The molecule has 0 aromatic heterocycles. The smallest absolute Gasteiger partial charge is 0.139 e. The van der Waals surface area contributed by atoms with Crippen LogP contribution in [-0.4, -0.2) is 5.11 Å². The van der Waals surface area contributed by atoms with Gasteiger partial charge in [0, 0.05) is 5.69 Å². The first-order valence-corrected chi connectivity index (χ1v) is 4.56. The monoisotopic (exact) mass is 203 g/mol. The molecule has 0 aliphatic rings. The van der Waals surface area contributed by atoms with Gasteiger partial charge >= 0.3 is 0 Å². The molecule has 0 bridgehead atoms. The zero-order valence-corrected chi connectivity index (χ0v) is 7.94. The lowest BCUT2D eigenvalue weighted by Gasteiger charge is -2.07. The molecule has 0 aliphatic heterocycles. The Hall–Kier alpha value is -2.03. The number of para-hydroxylation sites is 2. The molecule has 0 heterocycles. The Balaban J connectivity index is 2.26. The molecule has 0 amide bonds. The minimum atomic E-state index is -0.310. The summed E-state index contributed by atoms with van der Waals surface area (Å²) in [5.41, 5.74) is 1.17. The Morgan fingerprint density at radius 3 is 2.53 bits per heavy atom. The summed E-state index contributed by atoms with van der Waals surface area (Å²) in [5.74, 6) is -0.169. The third-order valence-electron chi connectivity index (χ3n) is 2.01. The van der Waals surface area contributed by atoms with Crippen LogP contribution in [0.15, 0.2) is 48.5 Å². The SMILES string of the molecule is Oc1ccccc1Nc1cccc(F)c1. The molecule has 0 unspecified atom stereocenters. The minimum absolute atomic E-state index is 0.141. The summed E-state index contributed by atoms with van der Waals surface area (Å²) in [7, 11) is 0. The maximum Gasteiger partial charge on any atom is 0.139 e. The first kappa shape index (κ1) is 9.52. The van der Waals surface area contributed by atoms with E-state index in [1.807, 2.05) is 0 Å². The van der Waals surface area contributed by atoms with Gasteiger partial charge in [0.05, 0.1) is 5.69 Å². The molecule has 2 aromatic rings. The van der Waals surface area contributed by atoms with Crippen LogP contribution >= 0.6 is 0 Å². The molecule has 0 radical (unpaired) electrons. The van der Waals surface area contributed by atoms with Gasteiger partial charge < -0.3 is 10.4 Å². The van der Waals surface area contributed by atoms with E-state index in [1.54, 1.807) is 36.4 Å². The van der Waals surface area contributed by atoms with E-state index in [4.69, 9.17) is 0 Å². The Labute approximate surface area is 87.0 Å². The maximum absolute atomic E-state index is 12.9. The van der Waals surface area contributed by atoms with Gasteiger partial charge in [-0.05, 0) is 30.3 Å². The van der Waals surface area contributed by atoms with Crippen molar-refractivity contribution in [2.45, 2.75) is 0 Å². The van der Waals surface area contributed by atoms with Crippen molar-refractivity contribution in [1.82, 2.24) is 0 Å². The highest BCUT2D eigenvalue weighted by Gasteiger charge is 2.00. The van der Waals surface area contributed by atoms with Crippen molar-refractivity contribution in [3.05, 3.63) is 54.3 Å². The van der Waals surface area contributed by atoms with Crippen molar-refractivity contribution < 1.29 is 9.50 Å². The number of phenolic OH excluding ortho intramolecular Hbond substituents is 1. The summed E-state index contributed by atoms with van der Waals surface area (Å²) in [5, 5.41) is 12.4. The second-order valence-corrected chi connectivity index (χ2v) is 3.15. The Bertz CT molecular complexity index is 471. The fourth-order valence-corrected chi connectivity index (χ4v) is 1.30. The number of hydrogen-bond acceptors (Lipinski definition) is 2. The molecule has 2 rings (SSSR count). The highest BCUT2D eigenvalue weighted by molar-refractivity contribution is 5.65. The molecule has 0 aliphatic carbocycles. The van der Waals surface area contributed by atoms with Crippen LogP contribution in [-0.2, 0) is 0 Å². The third-order valence-corrected chi connectivity index (χ3v) is 2.01. The van der Waals surface area contributed by atoms with Crippen molar-refractivity contribution in [3.63, 3.8) is 0 Å². The van der Waals surface area contributed by atoms with Gasteiger partial charge in [-0.2, -0.15) is 0 Å². The number of aromatic hydroxyl groups is 1. The van der Waals surface area contributed by atoms with Crippen LogP contribution < -0.4 is 5.32 Å². The molecule has 0 saturated carbocycles. The topological polar surface area (TPSA) is 32.3 Å². The van der Waals surface area contributed by atoms with E-state index >= 15 is 0 Å². The molecular weight excluding hydrogens is 193 g/mol. The summed E-state index contributed by atoms with van der Waals surface area (Å²) in [6.07, 6.45) is 0. The van der Waals surface area contributed by atoms with E-state index in [0.717, 1.165) is 0 Å². The van der Waals surface area contributed by atoms with Crippen LogP contribution in [0.5, 0.6) is 5.75 Å². The average molecular weight is 203 g/mol. The maximum atomic E-state index is 12.9. The zero-order valence-electron chi connectivity index (χ0n) is 7.94. The quantitative estimate of drug-likeness (QED) is 0.734. The van der Waals surface area contributed by atoms with E-state index in [-0.39, 0.29) is 11.6 Å². The Kier molecular flexibility index (Phi) is 2.54. The van der Waals surface area contributed by atoms with Gasteiger partial charge in [-0.25, -0.2) is 4.39 Å². The van der Waals surface area contributed by atoms with Crippen LogP contribution in [0.1, 0.15) is 0 Å². The summed E-state index contributed by atoms with van der Waals surface area (Å²) in [6, 6.07) is 12.9. The predicted molar refractivity (Wildman–Crippen MR) is 57.8 cm³/mol. The van der Waals surface area contributed by atoms with Crippen LogP contribution in [0.2, 0.25) is 0 Å². The van der Waals surface area contributed by atoms with Gasteiger partial charge in [0.25, 0.3) is 0 Å². The van der Waals surface area contributed by atoms with Crippen LogP contribution in [0.25, 0.3) is 0 Å². The van der Waals surface area contributed by atoms with Crippen molar-refractivity contribution in [2.75, 3.05) is 5.32 Å². The second kappa shape index (κ2) is 4.00. The second-order valence-electron chi connectivity index (χ2n) is 3.15. The first-order chi connectivity index (χ1) is 7.25. The third kappa shape index (κ3) is 2.26. The van der Waals surface area contributed by atoms with Gasteiger partial charge in [-0.1, -0.05) is 18.2 Å². The molecule has 2 nitrogen and oxygen atoms in total. The summed E-state index contributed by atoms with van der Waals surface area (Å²) < 4.78 is 12.9. The van der Waals surface area contributed by atoms with Crippen molar-refractivity contribution >= 4 is 11.4 Å². The van der Waals surface area contributed by atoms with Crippen molar-refractivity contribution in [2.24, 2.45) is 0 Å². The Morgan fingerprint density at radius 2 is 1.80 bits per heavy atom. The fourth-order valence-electron chi connectivity index (χ4n) is 1.30. The standard InChI is InChI=1S/C12H10FNO/c13-9-4-3-5-10(8-9)14-11-6-1-2-7-12(11)15/h1-8,14-15H. The number of nitrogens with one attached hydrogen (secondary N) is 1. The lowest BCUT2D eigenvalue weighted by Crippen LogP contribution is -1.90. The lowest BCUT2D eigenvalue weighted by atomic mass is 10.2. The first-order valence-electron chi connectivity index (χ1n) is 4.56. The van der Waals surface area contributed by atoms with Crippen molar-refractivity contribution in [3.8, 4) is 5.75 Å². The summed E-state index contributed by atoms with van der Waals surface area (Å²) >= 11 is 0. The van der Waals surface area contributed by atoms with E-state index in [9.17, 15) is 9.50 Å². The Morgan fingerprint density at radius 1 is 1.00 bits per heavy atom. The highest BCUT2D eigenvalue weighted by atomic mass is 19.1. The fraction of sp³-hybridized carbons (Fsp3) is 0. The molecule has 2 aromatic carbocycles. The summed E-state index contributed by atoms with van der Waals surface area (Å²) in [6.45, 7) is 0. The van der Waals surface area contributed by atoms with Crippen LogP contribution in [0.3, 0.4) is 0 Å². The van der Waals surface area contributed by atoms with Gasteiger partial charge in [0.2, 0.25) is 0 Å². The van der Waals surface area contributed by atoms with Gasteiger partial charge in [-0.15, -0.1) is 0 Å². The summed E-state index contributed by atoms with van der Waals surface area (Å²) in [4.78, 5) is 0. The number of benzene rings is 2. The molecule has 76 valence electrons. The van der Waals surface area contributed by atoms with E-state index in [0.29, 0.717) is 11.4 Å². The number of phenols is 1. The molecular formula is C12H10FNO. The van der Waals surface area contributed by atoms with Crippen molar-refractivity contribution in [1.29, 1.82) is 0 Å². The molecule has 0 saturated heterocycles. The number of rotatable bonds is 2. The van der Waals surface area contributed by atoms with Gasteiger partial charge in [0.15, 0.2) is 0 Å². The molecule has 0 spiro atoms. The van der Waals surface area contributed by atoms with E-state index in [1.165, 1.54) is 12.1 Å². The molecule has 2 N–H and O–H groups in total. The van der Waals surface area contributed by atoms with Crippen LogP contribution in [0, 0.1) is 5.82 Å². The van der Waals surface area contributed by atoms with E-state index < -0.39 is 0 Å². The van der Waals surface area contributed by atoms with Gasteiger partial charge in [0.1, 0.15) is 11.6 Å².